The molecule has 4 nitrogen and oxygen atoms in total. The molecule has 0 fully saturated rings. The molecule has 1 heterocycles. The number of fused-ring (bicyclic) bond motifs is 1. The summed E-state index contributed by atoms with van der Waals surface area (Å²) >= 11 is 0.971. The molecule has 0 unspecified atom stereocenters. The first-order valence-corrected chi connectivity index (χ1v) is 7.81. The van der Waals surface area contributed by atoms with Gasteiger partial charge in [-0.1, -0.05) is 23.5 Å². The quantitative estimate of drug-likeness (QED) is 0.746. The smallest absolute Gasteiger partial charge is 0.243 e. The van der Waals surface area contributed by atoms with Gasteiger partial charge in [0.2, 0.25) is 4.74 Å². The van der Waals surface area contributed by atoms with Crippen LogP contribution in [0.1, 0.15) is 15.9 Å². The highest BCUT2D eigenvalue weighted by molar-refractivity contribution is 7.16. The van der Waals surface area contributed by atoms with E-state index >= 15 is 0 Å². The molecular formula is C18H14O4S. The molecule has 0 radical (unpaired) electrons. The lowest BCUT2D eigenvalue weighted by atomic mass is 10.0. The third kappa shape index (κ3) is 3.24. The van der Waals surface area contributed by atoms with E-state index in [-0.39, 0.29) is 28.3 Å². The Morgan fingerprint density at radius 1 is 1.13 bits per heavy atom. The molecule has 23 heavy (non-hydrogen) atoms. The first-order valence-electron chi connectivity index (χ1n) is 7.00. The fourth-order valence-corrected chi connectivity index (χ4v) is 3.23. The number of benzene rings is 2. The van der Waals surface area contributed by atoms with E-state index in [1.165, 1.54) is 12.1 Å². The standard InChI is InChI=1S/C18H14O4S/c1-22-14-6-2-11(3-7-14)8-16(20)15-9-12-4-5-13(19)10-17(12)23-18(15)21/h2-7,9-10,19H,8H2,1H3. The molecule has 3 rings (SSSR count). The van der Waals surface area contributed by atoms with Gasteiger partial charge in [0.05, 0.1) is 12.7 Å². The number of carbonyl (C=O) groups excluding carboxylic acids is 1. The lowest BCUT2D eigenvalue weighted by Gasteiger charge is -2.04. The highest BCUT2D eigenvalue weighted by Crippen LogP contribution is 2.23. The molecule has 5 heteroatoms. The van der Waals surface area contributed by atoms with Gasteiger partial charge in [-0.05, 0) is 47.3 Å². The van der Waals surface area contributed by atoms with Crippen molar-refractivity contribution < 1.29 is 14.6 Å². The van der Waals surface area contributed by atoms with E-state index in [2.05, 4.69) is 0 Å². The number of carbonyl (C=O) groups is 1. The minimum atomic E-state index is -0.290. The number of phenols is 1. The fourth-order valence-electron chi connectivity index (χ4n) is 2.32. The Kier molecular flexibility index (Phi) is 4.12. The second kappa shape index (κ2) is 6.22. The zero-order valence-corrected chi connectivity index (χ0v) is 13.2. The van der Waals surface area contributed by atoms with Gasteiger partial charge < -0.3 is 9.84 Å². The first-order chi connectivity index (χ1) is 11.1. The van der Waals surface area contributed by atoms with E-state index in [1.54, 1.807) is 31.4 Å². The monoisotopic (exact) mass is 326 g/mol. The molecule has 0 amide bonds. The van der Waals surface area contributed by atoms with Crippen LogP contribution in [-0.2, 0) is 6.42 Å². The Balaban J connectivity index is 1.92. The summed E-state index contributed by atoms with van der Waals surface area (Å²) in [5.74, 6) is 0.607. The number of hydrogen-bond donors (Lipinski definition) is 1. The molecule has 0 atom stereocenters. The van der Waals surface area contributed by atoms with Gasteiger partial charge in [0.1, 0.15) is 11.5 Å². The zero-order valence-electron chi connectivity index (χ0n) is 12.4. The summed E-state index contributed by atoms with van der Waals surface area (Å²) in [5.41, 5.74) is 1.01. The van der Waals surface area contributed by atoms with Crippen LogP contribution >= 0.6 is 11.3 Å². The van der Waals surface area contributed by atoms with Crippen molar-refractivity contribution in [2.75, 3.05) is 7.11 Å². The minimum Gasteiger partial charge on any atom is -0.508 e. The Morgan fingerprint density at radius 2 is 1.87 bits per heavy atom. The molecule has 0 aliphatic carbocycles. The average Bonchev–Trinajstić information content (AvgIpc) is 2.54. The fraction of sp³-hybridized carbons (Fsp3) is 0.111. The van der Waals surface area contributed by atoms with Gasteiger partial charge in [-0.2, -0.15) is 0 Å². The van der Waals surface area contributed by atoms with Gasteiger partial charge >= 0.3 is 0 Å². The van der Waals surface area contributed by atoms with E-state index in [1.807, 2.05) is 12.1 Å². The van der Waals surface area contributed by atoms with Gasteiger partial charge in [0, 0.05) is 11.1 Å². The van der Waals surface area contributed by atoms with Crippen molar-refractivity contribution in [1.29, 1.82) is 0 Å². The topological polar surface area (TPSA) is 63.6 Å². The normalized spacial score (nSPS) is 10.7. The summed E-state index contributed by atoms with van der Waals surface area (Å²) in [6, 6.07) is 13.5. The minimum absolute atomic E-state index is 0.102. The molecule has 1 aromatic heterocycles. The number of hydrogen-bond acceptors (Lipinski definition) is 5. The van der Waals surface area contributed by atoms with Gasteiger partial charge in [0.25, 0.3) is 0 Å². The first kappa shape index (κ1) is 15.2. The van der Waals surface area contributed by atoms with Crippen LogP contribution in [0.5, 0.6) is 11.5 Å². The van der Waals surface area contributed by atoms with Crippen LogP contribution in [0.25, 0.3) is 10.1 Å². The van der Waals surface area contributed by atoms with Crippen LogP contribution in [0, 0.1) is 0 Å². The summed E-state index contributed by atoms with van der Waals surface area (Å²) < 4.78 is 5.45. The Hall–Kier alpha value is -2.66. The number of methoxy groups -OCH3 is 1. The molecule has 0 saturated carbocycles. The molecule has 2 aromatic carbocycles. The molecule has 0 aliphatic heterocycles. The Bertz CT molecular complexity index is 926. The lowest BCUT2D eigenvalue weighted by Crippen LogP contribution is -2.13. The summed E-state index contributed by atoms with van der Waals surface area (Å²) in [5, 5.41) is 10.2. The van der Waals surface area contributed by atoms with Crippen LogP contribution in [0.3, 0.4) is 0 Å². The summed E-state index contributed by atoms with van der Waals surface area (Å²) in [6.45, 7) is 0. The third-order valence-corrected chi connectivity index (χ3v) is 4.52. The zero-order chi connectivity index (χ0) is 16.4. The van der Waals surface area contributed by atoms with Crippen molar-refractivity contribution in [2.24, 2.45) is 0 Å². The van der Waals surface area contributed by atoms with Gasteiger partial charge in [0.15, 0.2) is 5.78 Å². The second-order valence-corrected chi connectivity index (χ2v) is 6.13. The van der Waals surface area contributed by atoms with E-state index in [0.29, 0.717) is 4.70 Å². The highest BCUT2D eigenvalue weighted by atomic mass is 32.1. The van der Waals surface area contributed by atoms with Crippen molar-refractivity contribution in [3.63, 3.8) is 0 Å². The van der Waals surface area contributed by atoms with Crippen molar-refractivity contribution in [1.82, 2.24) is 0 Å². The van der Waals surface area contributed by atoms with E-state index in [4.69, 9.17) is 4.74 Å². The van der Waals surface area contributed by atoms with Crippen LogP contribution < -0.4 is 9.48 Å². The summed E-state index contributed by atoms with van der Waals surface area (Å²) in [7, 11) is 1.58. The number of ether oxygens (including phenoxy) is 1. The van der Waals surface area contributed by atoms with E-state index in [9.17, 15) is 14.7 Å². The van der Waals surface area contributed by atoms with Crippen LogP contribution in [0.2, 0.25) is 0 Å². The molecule has 0 bridgehead atoms. The molecule has 3 aromatic rings. The average molecular weight is 326 g/mol. The summed E-state index contributed by atoms with van der Waals surface area (Å²) in [4.78, 5) is 24.6. The van der Waals surface area contributed by atoms with Crippen molar-refractivity contribution in [3.05, 3.63) is 69.2 Å². The van der Waals surface area contributed by atoms with E-state index in [0.717, 1.165) is 28.0 Å². The van der Waals surface area contributed by atoms with Gasteiger partial charge in [-0.3, -0.25) is 9.59 Å². The van der Waals surface area contributed by atoms with Crippen LogP contribution in [0.15, 0.2) is 53.3 Å². The molecule has 0 aliphatic rings. The maximum absolute atomic E-state index is 12.4. The SMILES string of the molecule is COc1ccc(CC(=O)c2cc3ccc(O)cc3sc2=O)cc1. The summed E-state index contributed by atoms with van der Waals surface area (Å²) in [6.07, 6.45) is 0.162. The van der Waals surface area contributed by atoms with Gasteiger partial charge in [-0.15, -0.1) is 0 Å². The lowest BCUT2D eigenvalue weighted by molar-refractivity contribution is 0.0992. The van der Waals surface area contributed by atoms with Crippen LogP contribution in [0.4, 0.5) is 0 Å². The number of aromatic hydroxyl groups is 1. The van der Waals surface area contributed by atoms with Crippen LogP contribution in [-0.4, -0.2) is 18.0 Å². The van der Waals surface area contributed by atoms with Gasteiger partial charge in [-0.25, -0.2) is 0 Å². The van der Waals surface area contributed by atoms with E-state index < -0.39 is 0 Å². The highest BCUT2D eigenvalue weighted by Gasteiger charge is 2.13. The maximum atomic E-state index is 12.4. The number of rotatable bonds is 4. The second-order valence-electron chi connectivity index (χ2n) is 5.12. The third-order valence-electron chi connectivity index (χ3n) is 3.54. The Labute approximate surface area is 136 Å². The number of phenolic OH excluding ortho intramolecular Hbond substituents is 1. The molecule has 1 N–H and O–H groups in total. The molecular weight excluding hydrogens is 312 g/mol. The van der Waals surface area contributed by atoms with Crippen molar-refractivity contribution in [2.45, 2.75) is 6.42 Å². The largest absolute Gasteiger partial charge is 0.508 e. The number of Topliss-reactive ketones (excluding diaryl/α,β-unsaturated/α-hetero) is 1. The predicted molar refractivity (Wildman–Crippen MR) is 90.8 cm³/mol. The van der Waals surface area contributed by atoms with Crippen molar-refractivity contribution >= 4 is 27.2 Å². The molecule has 116 valence electrons. The van der Waals surface area contributed by atoms with Crippen molar-refractivity contribution in [3.8, 4) is 11.5 Å². The Morgan fingerprint density at radius 3 is 2.57 bits per heavy atom. The molecule has 0 saturated heterocycles. The predicted octanol–water partition coefficient (Wildman–Crippen LogP) is 3.40. The number of ketones is 1. The molecule has 0 spiro atoms. The maximum Gasteiger partial charge on any atom is 0.243 e.